The van der Waals surface area contributed by atoms with Gasteiger partial charge in [0.25, 0.3) is 5.91 Å². The number of hydrogen-bond donors (Lipinski definition) is 1. The van der Waals surface area contributed by atoms with Crippen molar-refractivity contribution in [3.8, 4) is 0 Å². The molecule has 0 bridgehead atoms. The van der Waals surface area contributed by atoms with Gasteiger partial charge >= 0.3 is 0 Å². The lowest BCUT2D eigenvalue weighted by Crippen LogP contribution is -2.60. The standard InChI is InChI=1S/C22H32FN3O2/c23-20-9-4-1-6-18(20)16-26-11-5-10-22(28,21(26)27)17-24-12-14-25(15-13-24)19-7-2-3-8-19/h1,4,6,9,19,28H,2-3,5,7-8,10-17H2. The van der Waals surface area contributed by atoms with Gasteiger partial charge in [0, 0.05) is 57.4 Å². The summed E-state index contributed by atoms with van der Waals surface area (Å²) >= 11 is 0. The number of benzene rings is 1. The van der Waals surface area contributed by atoms with Crippen molar-refractivity contribution in [2.45, 2.75) is 56.7 Å². The van der Waals surface area contributed by atoms with Crippen LogP contribution in [0.5, 0.6) is 0 Å². The molecular weight excluding hydrogens is 357 g/mol. The van der Waals surface area contributed by atoms with Crippen molar-refractivity contribution in [1.82, 2.24) is 14.7 Å². The van der Waals surface area contributed by atoms with Crippen molar-refractivity contribution in [3.63, 3.8) is 0 Å². The van der Waals surface area contributed by atoms with E-state index in [2.05, 4.69) is 9.80 Å². The van der Waals surface area contributed by atoms with Crippen molar-refractivity contribution in [2.24, 2.45) is 0 Å². The molecule has 1 aliphatic carbocycles. The molecule has 1 atom stereocenters. The first-order valence-corrected chi connectivity index (χ1v) is 10.8. The Labute approximate surface area is 167 Å². The van der Waals surface area contributed by atoms with E-state index in [-0.39, 0.29) is 18.3 Å². The minimum Gasteiger partial charge on any atom is -0.379 e. The molecule has 5 nitrogen and oxygen atoms in total. The lowest BCUT2D eigenvalue weighted by atomic mass is 9.90. The molecule has 1 amide bonds. The predicted molar refractivity (Wildman–Crippen MR) is 106 cm³/mol. The van der Waals surface area contributed by atoms with Crippen LogP contribution in [0.1, 0.15) is 44.1 Å². The Balaban J connectivity index is 1.34. The van der Waals surface area contributed by atoms with E-state index in [4.69, 9.17) is 0 Å². The van der Waals surface area contributed by atoms with Crippen LogP contribution in [0.4, 0.5) is 4.39 Å². The summed E-state index contributed by atoms with van der Waals surface area (Å²) in [6.07, 6.45) is 6.55. The molecule has 28 heavy (non-hydrogen) atoms. The number of hydrogen-bond acceptors (Lipinski definition) is 4. The quantitative estimate of drug-likeness (QED) is 0.839. The zero-order valence-corrected chi connectivity index (χ0v) is 16.7. The fourth-order valence-electron chi connectivity index (χ4n) is 5.12. The Morgan fingerprint density at radius 1 is 1.04 bits per heavy atom. The van der Waals surface area contributed by atoms with Crippen molar-refractivity contribution >= 4 is 5.91 Å². The molecule has 4 rings (SSSR count). The van der Waals surface area contributed by atoms with Crippen LogP contribution in [0.25, 0.3) is 0 Å². The summed E-state index contributed by atoms with van der Waals surface area (Å²) in [5.74, 6) is -0.548. The zero-order chi connectivity index (χ0) is 19.6. The van der Waals surface area contributed by atoms with E-state index in [9.17, 15) is 14.3 Å². The monoisotopic (exact) mass is 389 g/mol. The lowest BCUT2D eigenvalue weighted by Gasteiger charge is -2.44. The van der Waals surface area contributed by atoms with Crippen LogP contribution in [0, 0.1) is 5.82 Å². The largest absolute Gasteiger partial charge is 0.379 e. The molecule has 2 saturated heterocycles. The average molecular weight is 390 g/mol. The van der Waals surface area contributed by atoms with Crippen molar-refractivity contribution in [2.75, 3.05) is 39.3 Å². The SMILES string of the molecule is O=C1N(Cc2ccccc2F)CCCC1(O)CN1CCN(C2CCCC2)CC1. The lowest BCUT2D eigenvalue weighted by molar-refractivity contribution is -0.161. The van der Waals surface area contributed by atoms with Gasteiger partial charge in [0.1, 0.15) is 5.82 Å². The highest BCUT2D eigenvalue weighted by Gasteiger charge is 2.44. The molecule has 1 saturated carbocycles. The molecule has 154 valence electrons. The van der Waals surface area contributed by atoms with Gasteiger partial charge in [0.05, 0.1) is 0 Å². The minimum absolute atomic E-state index is 0.225. The van der Waals surface area contributed by atoms with Crippen molar-refractivity contribution in [1.29, 1.82) is 0 Å². The third-order valence-corrected chi connectivity index (χ3v) is 6.76. The number of β-amino-alcohol motifs (C(OH)–C–C–N with tert-alkyl or cyclic N) is 1. The Morgan fingerprint density at radius 2 is 1.75 bits per heavy atom. The van der Waals surface area contributed by atoms with Crippen LogP contribution in [0.2, 0.25) is 0 Å². The molecule has 3 fully saturated rings. The molecule has 0 spiro atoms. The van der Waals surface area contributed by atoms with E-state index < -0.39 is 5.60 Å². The van der Waals surface area contributed by atoms with Gasteiger partial charge in [0.2, 0.25) is 0 Å². The van der Waals surface area contributed by atoms with Crippen LogP contribution >= 0.6 is 0 Å². The van der Waals surface area contributed by atoms with E-state index in [1.807, 2.05) is 0 Å². The second-order valence-electron chi connectivity index (χ2n) is 8.70. The summed E-state index contributed by atoms with van der Waals surface area (Å²) in [5.41, 5.74) is -0.843. The van der Waals surface area contributed by atoms with Gasteiger partial charge in [0.15, 0.2) is 5.60 Å². The summed E-state index contributed by atoms with van der Waals surface area (Å²) < 4.78 is 14.0. The Morgan fingerprint density at radius 3 is 2.46 bits per heavy atom. The summed E-state index contributed by atoms with van der Waals surface area (Å²) in [4.78, 5) is 19.5. The number of piperazine rings is 1. The van der Waals surface area contributed by atoms with Gasteiger partial charge in [-0.25, -0.2) is 4.39 Å². The molecule has 2 aliphatic heterocycles. The highest BCUT2D eigenvalue weighted by molar-refractivity contribution is 5.86. The first-order valence-electron chi connectivity index (χ1n) is 10.8. The number of likely N-dealkylation sites (tertiary alicyclic amines) is 1. The number of carbonyl (C=O) groups excluding carboxylic acids is 1. The number of piperidine rings is 1. The first kappa shape index (κ1) is 19.8. The normalized spacial score (nSPS) is 28.2. The molecule has 1 aromatic carbocycles. The Hall–Kier alpha value is -1.50. The van der Waals surface area contributed by atoms with Gasteiger partial charge in [-0.05, 0) is 31.7 Å². The third-order valence-electron chi connectivity index (χ3n) is 6.76. The molecule has 1 aromatic rings. The van der Waals surface area contributed by atoms with Crippen molar-refractivity contribution < 1.29 is 14.3 Å². The smallest absolute Gasteiger partial charge is 0.256 e. The summed E-state index contributed by atoms with van der Waals surface area (Å²) in [6, 6.07) is 7.29. The minimum atomic E-state index is -1.35. The van der Waals surface area contributed by atoms with Crippen LogP contribution in [-0.2, 0) is 11.3 Å². The molecule has 2 heterocycles. The fraction of sp³-hybridized carbons (Fsp3) is 0.682. The summed E-state index contributed by atoms with van der Waals surface area (Å²) in [5, 5.41) is 11.1. The number of carbonyl (C=O) groups is 1. The predicted octanol–water partition coefficient (Wildman–Crippen LogP) is 2.24. The zero-order valence-electron chi connectivity index (χ0n) is 16.7. The number of rotatable bonds is 5. The topological polar surface area (TPSA) is 47.0 Å². The molecule has 0 aromatic heterocycles. The van der Waals surface area contributed by atoms with Gasteiger partial charge in [-0.2, -0.15) is 0 Å². The molecule has 1 unspecified atom stereocenters. The van der Waals surface area contributed by atoms with E-state index in [1.165, 1.54) is 31.7 Å². The van der Waals surface area contributed by atoms with Crippen LogP contribution < -0.4 is 0 Å². The second-order valence-corrected chi connectivity index (χ2v) is 8.70. The Bertz CT molecular complexity index is 686. The average Bonchev–Trinajstić information content (AvgIpc) is 3.23. The van der Waals surface area contributed by atoms with Gasteiger partial charge in [-0.15, -0.1) is 0 Å². The van der Waals surface area contributed by atoms with E-state index in [0.717, 1.165) is 38.6 Å². The van der Waals surface area contributed by atoms with E-state index in [1.54, 1.807) is 23.1 Å². The van der Waals surface area contributed by atoms with Gasteiger partial charge in [-0.1, -0.05) is 31.0 Å². The highest BCUT2D eigenvalue weighted by Crippen LogP contribution is 2.28. The Kier molecular flexibility index (Phi) is 5.99. The maximum atomic E-state index is 14.0. The maximum Gasteiger partial charge on any atom is 0.256 e. The maximum absolute atomic E-state index is 14.0. The van der Waals surface area contributed by atoms with Crippen LogP contribution in [0.15, 0.2) is 24.3 Å². The van der Waals surface area contributed by atoms with Crippen LogP contribution in [0.3, 0.4) is 0 Å². The summed E-state index contributed by atoms with van der Waals surface area (Å²) in [6.45, 7) is 5.03. The highest BCUT2D eigenvalue weighted by atomic mass is 19.1. The van der Waals surface area contributed by atoms with Gasteiger partial charge < -0.3 is 10.0 Å². The first-order chi connectivity index (χ1) is 13.5. The number of halogens is 1. The summed E-state index contributed by atoms with van der Waals surface area (Å²) in [7, 11) is 0. The van der Waals surface area contributed by atoms with Crippen molar-refractivity contribution in [3.05, 3.63) is 35.6 Å². The molecule has 1 N–H and O–H groups in total. The molecule has 0 radical (unpaired) electrons. The number of nitrogens with zero attached hydrogens (tertiary/aromatic N) is 3. The number of aliphatic hydroxyl groups is 1. The third kappa shape index (κ3) is 4.24. The van der Waals surface area contributed by atoms with E-state index in [0.29, 0.717) is 25.1 Å². The fourth-order valence-corrected chi connectivity index (χ4v) is 5.12. The van der Waals surface area contributed by atoms with Crippen LogP contribution in [-0.4, -0.2) is 76.6 Å². The second kappa shape index (κ2) is 8.47. The van der Waals surface area contributed by atoms with E-state index >= 15 is 0 Å². The van der Waals surface area contributed by atoms with Gasteiger partial charge in [-0.3, -0.25) is 14.6 Å². The molecule has 6 heteroatoms. The number of amides is 1. The molecular formula is C22H32FN3O2. The molecule has 3 aliphatic rings.